The van der Waals surface area contributed by atoms with Gasteiger partial charge in [-0.15, -0.1) is 0 Å². The Kier molecular flexibility index (Phi) is 3.87. The van der Waals surface area contributed by atoms with Crippen LogP contribution in [0.1, 0.15) is 23.9 Å². The summed E-state index contributed by atoms with van der Waals surface area (Å²) in [5.74, 6) is 2.57. The largest absolute Gasteiger partial charge is 0.493 e. The summed E-state index contributed by atoms with van der Waals surface area (Å²) in [7, 11) is 0. The van der Waals surface area contributed by atoms with Crippen LogP contribution in [0.2, 0.25) is 0 Å². The smallest absolute Gasteiger partial charge is 0.130 e. The number of para-hydroxylation sites is 1. The van der Waals surface area contributed by atoms with E-state index >= 15 is 0 Å². The summed E-state index contributed by atoms with van der Waals surface area (Å²) >= 11 is 0. The molecule has 1 unspecified atom stereocenters. The number of anilines is 1. The molecule has 1 aliphatic heterocycles. The molecule has 120 valence electrons. The second kappa shape index (κ2) is 6.32. The fourth-order valence-corrected chi connectivity index (χ4v) is 3.07. The normalized spacial score (nSPS) is 16.1. The maximum absolute atomic E-state index is 5.74. The summed E-state index contributed by atoms with van der Waals surface area (Å²) < 4.78 is 5.74. The standard InChI is InChI=1S/C20H19N3O/c1-14-21-18(15-7-3-2-4-8-15)13-20(22-14)23-17-11-12-24-19-10-6-5-9-16(17)19/h2-10,13,17H,11-12H2,1H3,(H,21,22,23). The van der Waals surface area contributed by atoms with E-state index in [9.17, 15) is 0 Å². The van der Waals surface area contributed by atoms with E-state index in [2.05, 4.69) is 33.5 Å². The molecule has 0 bridgehead atoms. The number of fused-ring (bicyclic) bond motifs is 1. The molecule has 4 nitrogen and oxygen atoms in total. The molecular weight excluding hydrogens is 298 g/mol. The number of nitrogens with one attached hydrogen (secondary N) is 1. The number of hydrogen-bond acceptors (Lipinski definition) is 4. The van der Waals surface area contributed by atoms with Crippen LogP contribution in [-0.2, 0) is 0 Å². The van der Waals surface area contributed by atoms with E-state index in [0.717, 1.165) is 35.1 Å². The number of benzene rings is 2. The van der Waals surface area contributed by atoms with Crippen LogP contribution in [0.25, 0.3) is 11.3 Å². The van der Waals surface area contributed by atoms with Crippen LogP contribution < -0.4 is 10.1 Å². The number of ether oxygens (including phenoxy) is 1. The van der Waals surface area contributed by atoms with Crippen LogP contribution in [-0.4, -0.2) is 16.6 Å². The summed E-state index contributed by atoms with van der Waals surface area (Å²) in [5, 5.41) is 3.56. The van der Waals surface area contributed by atoms with Gasteiger partial charge in [0.1, 0.15) is 17.4 Å². The van der Waals surface area contributed by atoms with E-state index in [0.29, 0.717) is 6.61 Å². The SMILES string of the molecule is Cc1nc(NC2CCOc3ccccc32)cc(-c2ccccc2)n1. The van der Waals surface area contributed by atoms with E-state index in [4.69, 9.17) is 4.74 Å². The van der Waals surface area contributed by atoms with Crippen molar-refractivity contribution in [1.29, 1.82) is 0 Å². The average molecular weight is 317 g/mol. The third-order valence-corrected chi connectivity index (χ3v) is 4.19. The van der Waals surface area contributed by atoms with Crippen LogP contribution in [0.15, 0.2) is 60.7 Å². The van der Waals surface area contributed by atoms with Gasteiger partial charge >= 0.3 is 0 Å². The van der Waals surface area contributed by atoms with E-state index in [1.807, 2.05) is 49.4 Å². The molecule has 0 amide bonds. The predicted octanol–water partition coefficient (Wildman–Crippen LogP) is 4.39. The fraction of sp³-hybridized carbons (Fsp3) is 0.200. The average Bonchev–Trinajstić information content (AvgIpc) is 2.62. The Balaban J connectivity index is 1.65. The lowest BCUT2D eigenvalue weighted by molar-refractivity contribution is 0.274. The summed E-state index contributed by atoms with van der Waals surface area (Å²) in [4.78, 5) is 9.13. The molecule has 24 heavy (non-hydrogen) atoms. The highest BCUT2D eigenvalue weighted by atomic mass is 16.5. The molecule has 1 aromatic heterocycles. The van der Waals surface area contributed by atoms with Gasteiger partial charge in [0, 0.05) is 23.6 Å². The van der Waals surface area contributed by atoms with E-state index in [1.165, 1.54) is 5.56 Å². The zero-order valence-corrected chi connectivity index (χ0v) is 13.6. The minimum Gasteiger partial charge on any atom is -0.493 e. The highest BCUT2D eigenvalue weighted by Crippen LogP contribution is 2.34. The summed E-state index contributed by atoms with van der Waals surface area (Å²) in [6.45, 7) is 2.64. The Hall–Kier alpha value is -2.88. The van der Waals surface area contributed by atoms with Crippen LogP contribution in [0.4, 0.5) is 5.82 Å². The maximum atomic E-state index is 5.74. The molecule has 4 heteroatoms. The molecule has 0 fully saturated rings. The Morgan fingerprint density at radius 1 is 1.00 bits per heavy atom. The van der Waals surface area contributed by atoms with E-state index < -0.39 is 0 Å². The van der Waals surface area contributed by atoms with Crippen molar-refractivity contribution in [3.63, 3.8) is 0 Å². The molecular formula is C20H19N3O. The Labute approximate surface area is 141 Å². The van der Waals surface area contributed by atoms with Gasteiger partial charge in [-0.25, -0.2) is 9.97 Å². The first-order valence-corrected chi connectivity index (χ1v) is 8.19. The van der Waals surface area contributed by atoms with E-state index in [-0.39, 0.29) is 6.04 Å². The first kappa shape index (κ1) is 14.7. The van der Waals surface area contributed by atoms with Gasteiger partial charge < -0.3 is 10.1 Å². The topological polar surface area (TPSA) is 47.0 Å². The molecule has 3 aromatic rings. The number of nitrogens with zero attached hydrogens (tertiary/aromatic N) is 2. The number of aromatic nitrogens is 2. The summed E-state index contributed by atoms with van der Waals surface area (Å²) in [5.41, 5.74) is 3.21. The van der Waals surface area contributed by atoms with Gasteiger partial charge in [-0.05, 0) is 13.0 Å². The minimum atomic E-state index is 0.202. The Bertz CT molecular complexity index is 849. The van der Waals surface area contributed by atoms with Crippen LogP contribution >= 0.6 is 0 Å². The van der Waals surface area contributed by atoms with Gasteiger partial charge in [0.25, 0.3) is 0 Å². The molecule has 1 N–H and O–H groups in total. The molecule has 1 aliphatic rings. The van der Waals surface area contributed by atoms with Gasteiger partial charge in [0.2, 0.25) is 0 Å². The summed E-state index contributed by atoms with van der Waals surface area (Å²) in [6, 6.07) is 20.6. The molecule has 4 rings (SSSR count). The number of hydrogen-bond donors (Lipinski definition) is 1. The highest BCUT2D eigenvalue weighted by molar-refractivity contribution is 5.62. The first-order valence-electron chi connectivity index (χ1n) is 8.19. The lowest BCUT2D eigenvalue weighted by Crippen LogP contribution is -2.21. The third-order valence-electron chi connectivity index (χ3n) is 4.19. The lowest BCUT2D eigenvalue weighted by atomic mass is 10.0. The maximum Gasteiger partial charge on any atom is 0.130 e. The van der Waals surface area contributed by atoms with Crippen molar-refractivity contribution >= 4 is 5.82 Å². The first-order chi connectivity index (χ1) is 11.8. The molecule has 0 spiro atoms. The summed E-state index contributed by atoms with van der Waals surface area (Å²) in [6.07, 6.45) is 0.917. The Morgan fingerprint density at radius 2 is 1.79 bits per heavy atom. The van der Waals surface area contributed by atoms with Crippen LogP contribution in [0.5, 0.6) is 5.75 Å². The van der Waals surface area contributed by atoms with Gasteiger partial charge in [-0.2, -0.15) is 0 Å². The molecule has 0 saturated carbocycles. The zero-order valence-electron chi connectivity index (χ0n) is 13.6. The molecule has 0 radical (unpaired) electrons. The van der Waals surface area contributed by atoms with Crippen molar-refractivity contribution in [3.8, 4) is 17.0 Å². The molecule has 0 aliphatic carbocycles. The van der Waals surface area contributed by atoms with Crippen molar-refractivity contribution < 1.29 is 4.74 Å². The zero-order chi connectivity index (χ0) is 16.4. The third kappa shape index (κ3) is 2.95. The van der Waals surface area contributed by atoms with Gasteiger partial charge in [0.15, 0.2) is 0 Å². The predicted molar refractivity (Wildman–Crippen MR) is 95.1 cm³/mol. The van der Waals surface area contributed by atoms with Crippen molar-refractivity contribution in [2.75, 3.05) is 11.9 Å². The fourth-order valence-electron chi connectivity index (χ4n) is 3.07. The van der Waals surface area contributed by atoms with Crippen molar-refractivity contribution in [2.45, 2.75) is 19.4 Å². The minimum absolute atomic E-state index is 0.202. The molecule has 2 heterocycles. The van der Waals surface area contributed by atoms with Gasteiger partial charge in [0.05, 0.1) is 18.3 Å². The van der Waals surface area contributed by atoms with Crippen molar-refractivity contribution in [2.24, 2.45) is 0 Å². The van der Waals surface area contributed by atoms with Crippen molar-refractivity contribution in [3.05, 3.63) is 72.1 Å². The highest BCUT2D eigenvalue weighted by Gasteiger charge is 2.21. The molecule has 1 atom stereocenters. The molecule has 2 aromatic carbocycles. The van der Waals surface area contributed by atoms with Gasteiger partial charge in [-0.3, -0.25) is 0 Å². The van der Waals surface area contributed by atoms with Crippen LogP contribution in [0.3, 0.4) is 0 Å². The lowest BCUT2D eigenvalue weighted by Gasteiger charge is -2.27. The van der Waals surface area contributed by atoms with Gasteiger partial charge in [-0.1, -0.05) is 48.5 Å². The molecule has 0 saturated heterocycles. The Morgan fingerprint density at radius 3 is 2.67 bits per heavy atom. The number of rotatable bonds is 3. The monoisotopic (exact) mass is 317 g/mol. The van der Waals surface area contributed by atoms with Crippen molar-refractivity contribution in [1.82, 2.24) is 9.97 Å². The quantitative estimate of drug-likeness (QED) is 0.778. The van der Waals surface area contributed by atoms with Crippen LogP contribution in [0, 0.1) is 6.92 Å². The number of aryl methyl sites for hydroxylation is 1. The van der Waals surface area contributed by atoms with E-state index in [1.54, 1.807) is 0 Å². The second-order valence-electron chi connectivity index (χ2n) is 5.92. The second-order valence-corrected chi connectivity index (χ2v) is 5.92.